The van der Waals surface area contributed by atoms with Crippen molar-refractivity contribution < 1.29 is 27.1 Å². The summed E-state index contributed by atoms with van der Waals surface area (Å²) in [7, 11) is -2.86. The summed E-state index contributed by atoms with van der Waals surface area (Å²) in [4.78, 5) is 27.4. The van der Waals surface area contributed by atoms with Gasteiger partial charge in [0.1, 0.15) is 24.2 Å². The van der Waals surface area contributed by atoms with Crippen LogP contribution < -0.4 is 14.4 Å². The van der Waals surface area contributed by atoms with Crippen molar-refractivity contribution in [3.63, 3.8) is 0 Å². The largest absolute Gasteiger partial charge is 0.494 e. The first-order valence-corrected chi connectivity index (χ1v) is 14.1. The number of halogens is 3. The fraction of sp³-hybridized carbons (Fsp3) is 0.259. The maximum atomic E-state index is 13.8. The van der Waals surface area contributed by atoms with Crippen molar-refractivity contribution >= 4 is 50.7 Å². The molecule has 208 valence electrons. The van der Waals surface area contributed by atoms with E-state index >= 15 is 0 Å². The van der Waals surface area contributed by atoms with Crippen molar-refractivity contribution in [3.05, 3.63) is 88.2 Å². The van der Waals surface area contributed by atoms with Crippen LogP contribution in [0.1, 0.15) is 19.4 Å². The second-order valence-corrected chi connectivity index (χ2v) is 11.1. The van der Waals surface area contributed by atoms with Crippen LogP contribution in [0.25, 0.3) is 0 Å². The molecule has 3 aromatic rings. The molecule has 0 aromatic heterocycles. The average Bonchev–Trinajstić information content (AvgIpc) is 2.92. The molecule has 0 fully saturated rings. The summed E-state index contributed by atoms with van der Waals surface area (Å²) in [5, 5.41) is 3.09. The van der Waals surface area contributed by atoms with E-state index in [0.717, 1.165) is 16.4 Å². The maximum absolute atomic E-state index is 13.8. The molecule has 0 radical (unpaired) electrons. The van der Waals surface area contributed by atoms with Crippen LogP contribution in [-0.2, 0) is 26.2 Å². The minimum atomic E-state index is -4.30. The predicted molar refractivity (Wildman–Crippen MR) is 149 cm³/mol. The summed E-state index contributed by atoms with van der Waals surface area (Å²) in [5.74, 6) is -1.21. The predicted octanol–water partition coefficient (Wildman–Crippen LogP) is 4.89. The second kappa shape index (κ2) is 13.1. The number of carbonyl (C=O) groups is 2. The lowest BCUT2D eigenvalue weighted by atomic mass is 10.1. The summed E-state index contributed by atoms with van der Waals surface area (Å²) in [6.45, 7) is 3.02. The van der Waals surface area contributed by atoms with Crippen LogP contribution in [0.15, 0.2) is 71.6 Å². The molecule has 2 amide bonds. The van der Waals surface area contributed by atoms with Crippen LogP contribution in [0.4, 0.5) is 10.1 Å². The Morgan fingerprint density at radius 2 is 1.64 bits per heavy atom. The Kier molecular flexibility index (Phi) is 10.2. The smallest absolute Gasteiger partial charge is 0.264 e. The third kappa shape index (κ3) is 7.40. The fourth-order valence-electron chi connectivity index (χ4n) is 3.76. The molecule has 0 spiro atoms. The highest BCUT2D eigenvalue weighted by atomic mass is 35.5. The van der Waals surface area contributed by atoms with Crippen LogP contribution in [0.3, 0.4) is 0 Å². The first-order valence-electron chi connectivity index (χ1n) is 11.9. The first kappa shape index (κ1) is 30.2. The van der Waals surface area contributed by atoms with E-state index in [4.69, 9.17) is 27.9 Å². The van der Waals surface area contributed by atoms with Gasteiger partial charge in [0.25, 0.3) is 10.0 Å². The molecule has 1 N–H and O–H groups in total. The van der Waals surface area contributed by atoms with E-state index < -0.39 is 40.2 Å². The van der Waals surface area contributed by atoms with Crippen LogP contribution in [0.5, 0.6) is 5.75 Å². The second-order valence-electron chi connectivity index (χ2n) is 8.45. The van der Waals surface area contributed by atoms with E-state index in [1.807, 2.05) is 0 Å². The Bertz CT molecular complexity index is 1420. The third-order valence-corrected chi connectivity index (χ3v) is 8.39. The van der Waals surface area contributed by atoms with Gasteiger partial charge in [-0.25, -0.2) is 12.8 Å². The highest BCUT2D eigenvalue weighted by Gasteiger charge is 2.32. The van der Waals surface area contributed by atoms with Crippen molar-refractivity contribution in [3.8, 4) is 5.75 Å². The molecule has 0 aliphatic carbocycles. The summed E-state index contributed by atoms with van der Waals surface area (Å²) >= 11 is 12.2. The number of nitrogens with zero attached hydrogens (tertiary/aromatic N) is 2. The maximum Gasteiger partial charge on any atom is 0.264 e. The van der Waals surface area contributed by atoms with Gasteiger partial charge in [0.05, 0.1) is 27.2 Å². The SMILES string of the molecule is CCOc1ccc(S(=O)(=O)N(CC(=O)N(Cc2ccc(Cl)c(Cl)c2)[C@H](C)C(=O)NC)c2ccc(F)cc2)cc1. The van der Waals surface area contributed by atoms with E-state index in [2.05, 4.69) is 5.32 Å². The van der Waals surface area contributed by atoms with Crippen molar-refractivity contribution in [1.29, 1.82) is 0 Å². The number of carbonyl (C=O) groups excluding carboxylic acids is 2. The molecule has 3 rings (SSSR count). The van der Waals surface area contributed by atoms with Crippen LogP contribution >= 0.6 is 23.2 Å². The Morgan fingerprint density at radius 1 is 1.00 bits per heavy atom. The highest BCUT2D eigenvalue weighted by molar-refractivity contribution is 7.92. The van der Waals surface area contributed by atoms with Gasteiger partial charge in [-0.1, -0.05) is 29.3 Å². The molecule has 0 aliphatic heterocycles. The zero-order valence-electron chi connectivity index (χ0n) is 21.5. The number of ether oxygens (including phenoxy) is 1. The van der Waals surface area contributed by atoms with Crippen molar-refractivity contribution in [1.82, 2.24) is 10.2 Å². The molecule has 8 nitrogen and oxygen atoms in total. The molecule has 0 aliphatic rings. The molecule has 0 saturated carbocycles. The van der Waals surface area contributed by atoms with Crippen molar-refractivity contribution in [2.24, 2.45) is 0 Å². The third-order valence-electron chi connectivity index (χ3n) is 5.87. The summed E-state index contributed by atoms with van der Waals surface area (Å²) in [5.41, 5.74) is 0.650. The van der Waals surface area contributed by atoms with E-state index in [1.54, 1.807) is 25.1 Å². The molecule has 1 atom stereocenters. The van der Waals surface area contributed by atoms with E-state index in [9.17, 15) is 22.4 Å². The topological polar surface area (TPSA) is 96.0 Å². The van der Waals surface area contributed by atoms with Crippen LogP contribution in [0, 0.1) is 5.82 Å². The van der Waals surface area contributed by atoms with Gasteiger partial charge >= 0.3 is 0 Å². The Hall–Kier alpha value is -3.34. The lowest BCUT2D eigenvalue weighted by Crippen LogP contribution is -2.50. The quantitative estimate of drug-likeness (QED) is 0.340. The molecule has 3 aromatic carbocycles. The van der Waals surface area contributed by atoms with Gasteiger partial charge in [-0.05, 0) is 80.1 Å². The van der Waals surface area contributed by atoms with Gasteiger partial charge in [0.15, 0.2) is 0 Å². The number of benzene rings is 3. The zero-order chi connectivity index (χ0) is 28.7. The van der Waals surface area contributed by atoms with Gasteiger partial charge < -0.3 is 15.0 Å². The van der Waals surface area contributed by atoms with E-state index in [0.29, 0.717) is 22.9 Å². The monoisotopic (exact) mass is 595 g/mol. The Labute approximate surface area is 237 Å². The standard InChI is InChI=1S/C27H28Cl2FN3O5S/c1-4-38-22-10-12-23(13-11-22)39(36,37)33(21-8-6-20(30)7-9-21)17-26(34)32(18(2)27(35)31-3)16-19-5-14-24(28)25(29)15-19/h5-15,18H,4,16-17H2,1-3H3,(H,31,35)/t18-/m1/s1. The molecule has 0 unspecified atom stereocenters. The minimum absolute atomic E-state index is 0.0509. The van der Waals surface area contributed by atoms with E-state index in [-0.39, 0.29) is 22.2 Å². The molecule has 12 heteroatoms. The van der Waals surface area contributed by atoms with Gasteiger partial charge in [0, 0.05) is 13.6 Å². The van der Waals surface area contributed by atoms with Gasteiger partial charge in [-0.2, -0.15) is 0 Å². The number of amides is 2. The van der Waals surface area contributed by atoms with Gasteiger partial charge in [0.2, 0.25) is 11.8 Å². The number of rotatable bonds is 11. The summed E-state index contributed by atoms with van der Waals surface area (Å²) in [6.07, 6.45) is 0. The number of nitrogens with one attached hydrogen (secondary N) is 1. The number of hydrogen-bond acceptors (Lipinski definition) is 5. The number of likely N-dealkylation sites (N-methyl/N-ethyl adjacent to an activating group) is 1. The van der Waals surface area contributed by atoms with Crippen LogP contribution in [-0.4, -0.2) is 51.4 Å². The molecule has 39 heavy (non-hydrogen) atoms. The lowest BCUT2D eigenvalue weighted by Gasteiger charge is -2.31. The number of sulfonamides is 1. The minimum Gasteiger partial charge on any atom is -0.494 e. The van der Waals surface area contributed by atoms with Gasteiger partial charge in [-0.15, -0.1) is 0 Å². The fourth-order valence-corrected chi connectivity index (χ4v) is 5.50. The van der Waals surface area contributed by atoms with Crippen LogP contribution in [0.2, 0.25) is 10.0 Å². The zero-order valence-corrected chi connectivity index (χ0v) is 23.9. The molecular weight excluding hydrogens is 568 g/mol. The normalized spacial score (nSPS) is 11.9. The van der Waals surface area contributed by atoms with Crippen molar-refractivity contribution in [2.75, 3.05) is 24.5 Å². The highest BCUT2D eigenvalue weighted by Crippen LogP contribution is 2.27. The summed E-state index contributed by atoms with van der Waals surface area (Å²) < 4.78 is 47.5. The Morgan fingerprint density at radius 3 is 2.21 bits per heavy atom. The van der Waals surface area contributed by atoms with Gasteiger partial charge in [-0.3, -0.25) is 13.9 Å². The average molecular weight is 597 g/mol. The number of anilines is 1. The number of hydrogen-bond donors (Lipinski definition) is 1. The first-order chi connectivity index (χ1) is 18.5. The molecule has 0 saturated heterocycles. The summed E-state index contributed by atoms with van der Waals surface area (Å²) in [6, 6.07) is 14.3. The lowest BCUT2D eigenvalue weighted by molar-refractivity contribution is -0.139. The molecular formula is C27H28Cl2FN3O5S. The van der Waals surface area contributed by atoms with Crippen molar-refractivity contribution in [2.45, 2.75) is 31.3 Å². The molecule has 0 heterocycles. The molecule has 0 bridgehead atoms. The van der Waals surface area contributed by atoms with E-state index in [1.165, 1.54) is 55.3 Å². The Balaban J connectivity index is 2.02.